The van der Waals surface area contributed by atoms with Crippen LogP contribution in [0.1, 0.15) is 53.4 Å². The molecule has 0 aliphatic heterocycles. The molecule has 0 amide bonds. The molecule has 0 rings (SSSR count). The molecule has 0 heterocycles. The fraction of sp³-hybridized carbons (Fsp3) is 1.00. The molecule has 1 unspecified atom stereocenters. The SMILES string of the molecule is COCCCCC(CNC(C)C)CC(C)C. The van der Waals surface area contributed by atoms with Crippen molar-refractivity contribution in [3.8, 4) is 0 Å². The number of methoxy groups -OCH3 is 1. The minimum absolute atomic E-state index is 0.605. The van der Waals surface area contributed by atoms with Crippen LogP contribution >= 0.6 is 0 Å². The lowest BCUT2D eigenvalue weighted by atomic mass is 9.92. The van der Waals surface area contributed by atoms with Gasteiger partial charge in [-0.15, -0.1) is 0 Å². The van der Waals surface area contributed by atoms with Crippen LogP contribution in [0.2, 0.25) is 0 Å². The van der Waals surface area contributed by atoms with Crippen LogP contribution < -0.4 is 5.32 Å². The summed E-state index contributed by atoms with van der Waals surface area (Å²) in [6.07, 6.45) is 5.17. The van der Waals surface area contributed by atoms with Crippen molar-refractivity contribution in [2.24, 2.45) is 11.8 Å². The molecule has 0 aromatic rings. The van der Waals surface area contributed by atoms with E-state index in [9.17, 15) is 0 Å². The molecule has 0 bridgehead atoms. The Morgan fingerprint density at radius 3 is 2.25 bits per heavy atom. The van der Waals surface area contributed by atoms with Crippen molar-refractivity contribution in [2.45, 2.75) is 59.4 Å². The molecule has 1 N–H and O–H groups in total. The van der Waals surface area contributed by atoms with Crippen molar-refractivity contribution in [3.05, 3.63) is 0 Å². The lowest BCUT2D eigenvalue weighted by Crippen LogP contribution is -2.29. The van der Waals surface area contributed by atoms with E-state index in [1.54, 1.807) is 7.11 Å². The molecule has 0 fully saturated rings. The average Bonchev–Trinajstić information content (AvgIpc) is 2.19. The Morgan fingerprint density at radius 2 is 1.75 bits per heavy atom. The van der Waals surface area contributed by atoms with Crippen molar-refractivity contribution in [1.29, 1.82) is 0 Å². The summed E-state index contributed by atoms with van der Waals surface area (Å²) in [6.45, 7) is 11.2. The predicted molar refractivity (Wildman–Crippen MR) is 71.8 cm³/mol. The molecule has 0 saturated carbocycles. The standard InChI is InChI=1S/C14H31NO/c1-12(2)10-14(11-15-13(3)4)8-6-7-9-16-5/h12-15H,6-11H2,1-5H3. The van der Waals surface area contributed by atoms with Gasteiger partial charge < -0.3 is 10.1 Å². The van der Waals surface area contributed by atoms with Crippen LogP contribution in [-0.4, -0.2) is 26.3 Å². The number of nitrogens with one attached hydrogen (secondary N) is 1. The van der Waals surface area contributed by atoms with Gasteiger partial charge in [-0.05, 0) is 37.6 Å². The molecule has 0 aliphatic rings. The van der Waals surface area contributed by atoms with Gasteiger partial charge in [0.2, 0.25) is 0 Å². The second-order valence-corrected chi connectivity index (χ2v) is 5.55. The zero-order valence-electron chi connectivity index (χ0n) is 11.9. The molecule has 0 aromatic heterocycles. The molecular weight excluding hydrogens is 198 g/mol. The number of hydrogen-bond donors (Lipinski definition) is 1. The first-order valence-corrected chi connectivity index (χ1v) is 6.78. The highest BCUT2D eigenvalue weighted by Crippen LogP contribution is 2.17. The highest BCUT2D eigenvalue weighted by atomic mass is 16.5. The van der Waals surface area contributed by atoms with Crippen LogP contribution in [0, 0.1) is 11.8 Å². The largest absolute Gasteiger partial charge is 0.385 e. The second kappa shape index (κ2) is 10.1. The first-order chi connectivity index (χ1) is 7.56. The Labute approximate surface area is 102 Å². The Bertz CT molecular complexity index is 146. The summed E-state index contributed by atoms with van der Waals surface area (Å²) < 4.78 is 5.09. The molecule has 0 radical (unpaired) electrons. The predicted octanol–water partition coefficient (Wildman–Crippen LogP) is 3.46. The number of ether oxygens (including phenoxy) is 1. The van der Waals surface area contributed by atoms with Gasteiger partial charge in [-0.25, -0.2) is 0 Å². The van der Waals surface area contributed by atoms with Crippen LogP contribution in [0.25, 0.3) is 0 Å². The van der Waals surface area contributed by atoms with E-state index in [0.717, 1.165) is 18.4 Å². The van der Waals surface area contributed by atoms with E-state index in [1.807, 2.05) is 0 Å². The van der Waals surface area contributed by atoms with Gasteiger partial charge in [0.25, 0.3) is 0 Å². The van der Waals surface area contributed by atoms with Crippen molar-refractivity contribution in [1.82, 2.24) is 5.32 Å². The van der Waals surface area contributed by atoms with Crippen LogP contribution in [0.3, 0.4) is 0 Å². The monoisotopic (exact) mass is 229 g/mol. The molecule has 1 atom stereocenters. The molecule has 0 saturated heterocycles. The topological polar surface area (TPSA) is 21.3 Å². The lowest BCUT2D eigenvalue weighted by molar-refractivity contribution is 0.189. The van der Waals surface area contributed by atoms with Gasteiger partial charge in [0.1, 0.15) is 0 Å². The van der Waals surface area contributed by atoms with Crippen molar-refractivity contribution in [3.63, 3.8) is 0 Å². The maximum Gasteiger partial charge on any atom is 0.0462 e. The smallest absolute Gasteiger partial charge is 0.0462 e. The summed E-state index contributed by atoms with van der Waals surface area (Å²) in [6, 6.07) is 0.605. The summed E-state index contributed by atoms with van der Waals surface area (Å²) in [5.41, 5.74) is 0. The van der Waals surface area contributed by atoms with Crippen LogP contribution in [0.5, 0.6) is 0 Å². The second-order valence-electron chi connectivity index (χ2n) is 5.55. The summed E-state index contributed by atoms with van der Waals surface area (Å²) in [7, 11) is 1.78. The summed E-state index contributed by atoms with van der Waals surface area (Å²) in [5.74, 6) is 1.64. The molecule has 16 heavy (non-hydrogen) atoms. The first-order valence-electron chi connectivity index (χ1n) is 6.78. The van der Waals surface area contributed by atoms with E-state index >= 15 is 0 Å². The van der Waals surface area contributed by atoms with E-state index in [-0.39, 0.29) is 0 Å². The molecule has 0 spiro atoms. The molecule has 2 nitrogen and oxygen atoms in total. The van der Waals surface area contributed by atoms with Gasteiger partial charge in [-0.3, -0.25) is 0 Å². The van der Waals surface area contributed by atoms with E-state index < -0.39 is 0 Å². The highest BCUT2D eigenvalue weighted by molar-refractivity contribution is 4.66. The number of rotatable bonds is 10. The van der Waals surface area contributed by atoms with Crippen molar-refractivity contribution < 1.29 is 4.74 Å². The fourth-order valence-corrected chi connectivity index (χ4v) is 2.05. The third kappa shape index (κ3) is 10.4. The van der Waals surface area contributed by atoms with Crippen molar-refractivity contribution >= 4 is 0 Å². The summed E-state index contributed by atoms with van der Waals surface area (Å²) in [4.78, 5) is 0. The molecule has 0 aliphatic carbocycles. The number of unbranched alkanes of at least 4 members (excludes halogenated alkanes) is 1. The minimum Gasteiger partial charge on any atom is -0.385 e. The van der Waals surface area contributed by atoms with E-state index in [1.165, 1.54) is 32.2 Å². The zero-order valence-corrected chi connectivity index (χ0v) is 11.9. The Morgan fingerprint density at radius 1 is 1.06 bits per heavy atom. The Hall–Kier alpha value is -0.0800. The van der Waals surface area contributed by atoms with E-state index in [2.05, 4.69) is 33.0 Å². The molecule has 98 valence electrons. The van der Waals surface area contributed by atoms with Gasteiger partial charge in [0.05, 0.1) is 0 Å². The van der Waals surface area contributed by atoms with Gasteiger partial charge >= 0.3 is 0 Å². The van der Waals surface area contributed by atoms with Crippen LogP contribution in [0.15, 0.2) is 0 Å². The van der Waals surface area contributed by atoms with E-state index in [4.69, 9.17) is 4.74 Å². The van der Waals surface area contributed by atoms with Gasteiger partial charge in [0, 0.05) is 19.8 Å². The number of hydrogen-bond acceptors (Lipinski definition) is 2. The lowest BCUT2D eigenvalue weighted by Gasteiger charge is -2.21. The van der Waals surface area contributed by atoms with Gasteiger partial charge in [-0.1, -0.05) is 34.1 Å². The summed E-state index contributed by atoms with van der Waals surface area (Å²) in [5, 5.41) is 3.56. The minimum atomic E-state index is 0.605. The van der Waals surface area contributed by atoms with Gasteiger partial charge in [0.15, 0.2) is 0 Å². The molecule has 0 aromatic carbocycles. The zero-order chi connectivity index (χ0) is 12.4. The van der Waals surface area contributed by atoms with Crippen LogP contribution in [-0.2, 0) is 4.74 Å². The van der Waals surface area contributed by atoms with Gasteiger partial charge in [-0.2, -0.15) is 0 Å². The fourth-order valence-electron chi connectivity index (χ4n) is 2.05. The Balaban J connectivity index is 3.72. The normalized spacial score (nSPS) is 13.7. The quantitative estimate of drug-likeness (QED) is 0.579. The molecule has 2 heteroatoms. The Kier molecular flexibility index (Phi) is 10.0. The third-order valence-electron chi connectivity index (χ3n) is 2.83. The molecular formula is C14H31NO. The maximum atomic E-state index is 5.09. The van der Waals surface area contributed by atoms with Crippen molar-refractivity contribution in [2.75, 3.05) is 20.3 Å². The van der Waals surface area contributed by atoms with E-state index in [0.29, 0.717) is 6.04 Å². The van der Waals surface area contributed by atoms with Crippen LogP contribution in [0.4, 0.5) is 0 Å². The average molecular weight is 229 g/mol. The summed E-state index contributed by atoms with van der Waals surface area (Å²) >= 11 is 0. The third-order valence-corrected chi connectivity index (χ3v) is 2.83. The highest BCUT2D eigenvalue weighted by Gasteiger charge is 2.11. The first kappa shape index (κ1) is 15.9. The maximum absolute atomic E-state index is 5.09.